The number of halogens is 1. The maximum Gasteiger partial charge on any atom is 0.221 e. The van der Waals surface area contributed by atoms with Gasteiger partial charge in [-0.3, -0.25) is 9.69 Å². The number of amides is 1. The van der Waals surface area contributed by atoms with Crippen LogP contribution in [0.4, 0.5) is 0 Å². The van der Waals surface area contributed by atoms with Crippen LogP contribution in [0.5, 0.6) is 0 Å². The quantitative estimate of drug-likeness (QED) is 0.688. The molecule has 1 saturated heterocycles. The van der Waals surface area contributed by atoms with Gasteiger partial charge in [-0.2, -0.15) is 5.10 Å². The molecule has 1 unspecified atom stereocenters. The van der Waals surface area contributed by atoms with Gasteiger partial charge in [-0.05, 0) is 37.4 Å². The highest BCUT2D eigenvalue weighted by molar-refractivity contribution is 5.85. The molecule has 2 heterocycles. The van der Waals surface area contributed by atoms with Crippen molar-refractivity contribution in [1.82, 2.24) is 20.0 Å². The van der Waals surface area contributed by atoms with E-state index in [4.69, 9.17) is 10.8 Å². The minimum Gasteiger partial charge on any atom is -0.354 e. The Balaban J connectivity index is 0.00000300. The molecule has 1 amide bonds. The molecule has 1 aliphatic heterocycles. The number of hydrogen-bond acceptors (Lipinski definition) is 4. The Bertz CT molecular complexity index is 762. The molecule has 3 rings (SSSR count). The van der Waals surface area contributed by atoms with Gasteiger partial charge in [0.1, 0.15) is 0 Å². The first-order valence-electron chi connectivity index (χ1n) is 10.4. The zero-order valence-electron chi connectivity index (χ0n) is 17.5. The Morgan fingerprint density at radius 2 is 2.03 bits per heavy atom. The van der Waals surface area contributed by atoms with Crippen LogP contribution < -0.4 is 11.1 Å². The topological polar surface area (TPSA) is 76.2 Å². The molecule has 2 aromatic rings. The van der Waals surface area contributed by atoms with Gasteiger partial charge in [0.05, 0.1) is 11.4 Å². The summed E-state index contributed by atoms with van der Waals surface area (Å²) < 4.78 is 1.99. The van der Waals surface area contributed by atoms with Crippen molar-refractivity contribution in [1.29, 1.82) is 0 Å². The number of hydrogen-bond donors (Lipinski definition) is 2. The summed E-state index contributed by atoms with van der Waals surface area (Å²) in [5, 5.41) is 7.93. The fraction of sp³-hybridized carbons (Fsp3) is 0.545. The zero-order valence-corrected chi connectivity index (χ0v) is 18.3. The standard InChI is InChI=1S/C22H33N5O.ClH/c1-17(2)22-18(16-27(25-22)19-8-4-3-5-9-19)15-26-13-7-6-10-20(26)14-24-21(28)11-12-23;/h3-5,8-9,16-17,20H,6-7,10-15,23H2,1-2H3,(H,24,28);1H. The maximum absolute atomic E-state index is 11.8. The summed E-state index contributed by atoms with van der Waals surface area (Å²) in [7, 11) is 0. The Kier molecular flexibility index (Phi) is 9.14. The third-order valence-electron chi connectivity index (χ3n) is 5.42. The van der Waals surface area contributed by atoms with Crippen LogP contribution in [0, 0.1) is 0 Å². The molecule has 0 saturated carbocycles. The number of rotatable bonds is 8. The molecule has 0 spiro atoms. The van der Waals surface area contributed by atoms with Gasteiger partial charge in [0, 0.05) is 43.9 Å². The lowest BCUT2D eigenvalue weighted by Gasteiger charge is -2.35. The highest BCUT2D eigenvalue weighted by Crippen LogP contribution is 2.25. The van der Waals surface area contributed by atoms with Crippen LogP contribution in [-0.2, 0) is 11.3 Å². The number of para-hydroxylation sites is 1. The van der Waals surface area contributed by atoms with E-state index in [0.717, 1.165) is 30.9 Å². The van der Waals surface area contributed by atoms with Crippen molar-refractivity contribution in [2.45, 2.75) is 58.0 Å². The lowest BCUT2D eigenvalue weighted by Crippen LogP contribution is -2.46. The van der Waals surface area contributed by atoms with Crippen LogP contribution in [0.15, 0.2) is 36.5 Å². The van der Waals surface area contributed by atoms with E-state index in [-0.39, 0.29) is 18.3 Å². The molecule has 160 valence electrons. The largest absolute Gasteiger partial charge is 0.354 e. The third-order valence-corrected chi connectivity index (χ3v) is 5.42. The van der Waals surface area contributed by atoms with Crippen LogP contribution in [0.25, 0.3) is 5.69 Å². The van der Waals surface area contributed by atoms with E-state index >= 15 is 0 Å². The molecule has 1 atom stereocenters. The second-order valence-electron chi connectivity index (χ2n) is 7.94. The monoisotopic (exact) mass is 419 g/mol. The van der Waals surface area contributed by atoms with Gasteiger partial charge in [0.15, 0.2) is 0 Å². The van der Waals surface area contributed by atoms with Crippen molar-refractivity contribution in [2.24, 2.45) is 5.73 Å². The predicted molar refractivity (Wildman–Crippen MR) is 120 cm³/mol. The molecule has 3 N–H and O–H groups in total. The summed E-state index contributed by atoms with van der Waals surface area (Å²) in [5.74, 6) is 0.417. The molecule has 0 radical (unpaired) electrons. The van der Waals surface area contributed by atoms with Gasteiger partial charge in [0.25, 0.3) is 0 Å². The highest BCUT2D eigenvalue weighted by atomic mass is 35.5. The SMILES string of the molecule is CC(C)c1nn(-c2ccccc2)cc1CN1CCCCC1CNC(=O)CCN.Cl. The van der Waals surface area contributed by atoms with Crippen LogP contribution >= 0.6 is 12.4 Å². The maximum atomic E-state index is 11.8. The second-order valence-corrected chi connectivity index (χ2v) is 7.94. The highest BCUT2D eigenvalue weighted by Gasteiger charge is 2.25. The Labute approximate surface area is 180 Å². The van der Waals surface area contributed by atoms with Crippen LogP contribution in [-0.4, -0.2) is 46.3 Å². The fourth-order valence-corrected chi connectivity index (χ4v) is 3.91. The van der Waals surface area contributed by atoms with Gasteiger partial charge in [0.2, 0.25) is 5.91 Å². The number of likely N-dealkylation sites (tertiary alicyclic amines) is 1. The van der Waals surface area contributed by atoms with E-state index in [9.17, 15) is 4.79 Å². The average molecular weight is 420 g/mol. The minimum atomic E-state index is 0. The van der Waals surface area contributed by atoms with Crippen molar-refractivity contribution < 1.29 is 4.79 Å². The number of aromatic nitrogens is 2. The number of carbonyl (C=O) groups is 1. The molecule has 1 fully saturated rings. The molecular formula is C22H34ClN5O. The van der Waals surface area contributed by atoms with Crippen molar-refractivity contribution in [3.63, 3.8) is 0 Å². The van der Waals surface area contributed by atoms with Crippen molar-refractivity contribution in [3.05, 3.63) is 47.8 Å². The summed E-state index contributed by atoms with van der Waals surface area (Å²) in [5.41, 5.74) is 9.00. The number of nitrogens with one attached hydrogen (secondary N) is 1. The normalized spacial score (nSPS) is 17.2. The molecule has 29 heavy (non-hydrogen) atoms. The number of benzene rings is 1. The summed E-state index contributed by atoms with van der Waals surface area (Å²) in [6, 6.07) is 10.6. The lowest BCUT2D eigenvalue weighted by atomic mass is 9.99. The number of piperidine rings is 1. The molecule has 6 nitrogen and oxygen atoms in total. The average Bonchev–Trinajstić information content (AvgIpc) is 3.12. The predicted octanol–water partition coefficient (Wildman–Crippen LogP) is 3.24. The van der Waals surface area contributed by atoms with Gasteiger partial charge < -0.3 is 11.1 Å². The summed E-state index contributed by atoms with van der Waals surface area (Å²) in [6.07, 6.45) is 6.11. The van der Waals surface area contributed by atoms with E-state index in [1.165, 1.54) is 18.4 Å². The Morgan fingerprint density at radius 3 is 2.72 bits per heavy atom. The van der Waals surface area contributed by atoms with Crippen LogP contribution in [0.2, 0.25) is 0 Å². The van der Waals surface area contributed by atoms with Gasteiger partial charge in [-0.1, -0.05) is 38.5 Å². The Hall–Kier alpha value is -1.89. The summed E-state index contributed by atoms with van der Waals surface area (Å²) >= 11 is 0. The molecule has 0 aliphatic carbocycles. The number of nitrogens with zero attached hydrogens (tertiary/aromatic N) is 3. The summed E-state index contributed by atoms with van der Waals surface area (Å²) in [4.78, 5) is 14.3. The summed E-state index contributed by atoms with van der Waals surface area (Å²) in [6.45, 7) is 7.42. The second kappa shape index (κ2) is 11.3. The van der Waals surface area contributed by atoms with E-state index < -0.39 is 0 Å². The van der Waals surface area contributed by atoms with E-state index in [1.807, 2.05) is 22.9 Å². The van der Waals surface area contributed by atoms with Crippen LogP contribution in [0.3, 0.4) is 0 Å². The van der Waals surface area contributed by atoms with Gasteiger partial charge >= 0.3 is 0 Å². The molecular weight excluding hydrogens is 386 g/mol. The number of carbonyl (C=O) groups excluding carboxylic acids is 1. The first-order valence-corrected chi connectivity index (χ1v) is 10.4. The third kappa shape index (κ3) is 6.29. The molecule has 1 aromatic carbocycles. The van der Waals surface area contributed by atoms with E-state index in [0.29, 0.717) is 31.5 Å². The van der Waals surface area contributed by atoms with E-state index in [2.05, 4.69) is 42.4 Å². The van der Waals surface area contributed by atoms with Crippen molar-refractivity contribution in [3.8, 4) is 5.69 Å². The smallest absolute Gasteiger partial charge is 0.221 e. The molecule has 7 heteroatoms. The zero-order chi connectivity index (χ0) is 19.9. The van der Waals surface area contributed by atoms with Gasteiger partial charge in [-0.25, -0.2) is 4.68 Å². The number of nitrogens with two attached hydrogens (primary N) is 1. The molecule has 1 aliphatic rings. The fourth-order valence-electron chi connectivity index (χ4n) is 3.91. The molecule has 1 aromatic heterocycles. The molecule has 0 bridgehead atoms. The first kappa shape index (κ1) is 23.4. The van der Waals surface area contributed by atoms with E-state index in [1.54, 1.807) is 0 Å². The minimum absolute atomic E-state index is 0. The lowest BCUT2D eigenvalue weighted by molar-refractivity contribution is -0.121. The van der Waals surface area contributed by atoms with Crippen LogP contribution in [0.1, 0.15) is 56.7 Å². The first-order chi connectivity index (χ1) is 13.6. The van der Waals surface area contributed by atoms with Gasteiger partial charge in [-0.15, -0.1) is 12.4 Å². The Morgan fingerprint density at radius 1 is 1.28 bits per heavy atom. The van der Waals surface area contributed by atoms with Crippen molar-refractivity contribution >= 4 is 18.3 Å². The van der Waals surface area contributed by atoms with Crippen molar-refractivity contribution in [2.75, 3.05) is 19.6 Å².